The first-order valence-electron chi connectivity index (χ1n) is 12.6. The summed E-state index contributed by atoms with van der Waals surface area (Å²) in [5.41, 5.74) is 12.5. The molecular weight excluding hydrogens is 554 g/mol. The molecule has 0 radical (unpaired) electrons. The molecule has 0 fully saturated rings. The largest absolute Gasteiger partial charge is 0.508 e. The van der Waals surface area contributed by atoms with Gasteiger partial charge in [-0.15, -0.1) is 0 Å². The van der Waals surface area contributed by atoms with Crippen LogP contribution in [-0.4, -0.2) is 81.1 Å². The number of thioether (sulfide) groups is 1. The number of carbonyl (C=O) groups excluding carboxylic acids is 4. The molecule has 0 spiro atoms. The number of phenols is 2. The van der Waals surface area contributed by atoms with Gasteiger partial charge in [-0.25, -0.2) is 4.79 Å². The molecular formula is C27H35N5O8S. The van der Waals surface area contributed by atoms with Gasteiger partial charge in [-0.1, -0.05) is 24.3 Å². The molecule has 41 heavy (non-hydrogen) atoms. The molecule has 14 heteroatoms. The maximum absolute atomic E-state index is 13.2. The molecule has 2 aromatic carbocycles. The van der Waals surface area contributed by atoms with Crippen LogP contribution < -0.4 is 27.4 Å². The molecule has 0 aliphatic heterocycles. The van der Waals surface area contributed by atoms with Crippen molar-refractivity contribution in [2.45, 2.75) is 49.9 Å². The maximum Gasteiger partial charge on any atom is 0.326 e. The highest BCUT2D eigenvalue weighted by Gasteiger charge is 2.31. The van der Waals surface area contributed by atoms with Crippen molar-refractivity contribution in [2.75, 3.05) is 12.0 Å². The molecule has 4 atom stereocenters. The molecule has 0 bridgehead atoms. The van der Waals surface area contributed by atoms with Gasteiger partial charge in [0, 0.05) is 6.42 Å². The van der Waals surface area contributed by atoms with Gasteiger partial charge in [0.2, 0.25) is 23.6 Å². The molecule has 4 amide bonds. The van der Waals surface area contributed by atoms with Gasteiger partial charge in [0.05, 0.1) is 12.5 Å². The van der Waals surface area contributed by atoms with Crippen LogP contribution in [-0.2, 0) is 36.8 Å². The van der Waals surface area contributed by atoms with Gasteiger partial charge >= 0.3 is 5.97 Å². The number of benzene rings is 2. The molecule has 13 nitrogen and oxygen atoms in total. The minimum Gasteiger partial charge on any atom is -0.508 e. The highest BCUT2D eigenvalue weighted by atomic mass is 32.2. The van der Waals surface area contributed by atoms with E-state index in [0.29, 0.717) is 16.9 Å². The van der Waals surface area contributed by atoms with Gasteiger partial charge in [0.1, 0.15) is 29.6 Å². The molecule has 0 aliphatic carbocycles. The second-order valence-corrected chi connectivity index (χ2v) is 10.3. The number of nitrogens with one attached hydrogen (secondary N) is 3. The summed E-state index contributed by atoms with van der Waals surface area (Å²) in [6.45, 7) is 0. The van der Waals surface area contributed by atoms with E-state index >= 15 is 0 Å². The minimum atomic E-state index is -1.48. The Bertz CT molecular complexity index is 1210. The van der Waals surface area contributed by atoms with Crippen LogP contribution >= 0.6 is 11.8 Å². The van der Waals surface area contributed by atoms with Crippen molar-refractivity contribution in [3.63, 3.8) is 0 Å². The summed E-state index contributed by atoms with van der Waals surface area (Å²) < 4.78 is 0. The number of hydrogen-bond donors (Lipinski definition) is 8. The molecule has 0 aliphatic rings. The van der Waals surface area contributed by atoms with Crippen LogP contribution in [0.1, 0.15) is 24.0 Å². The fraction of sp³-hybridized carbons (Fsp3) is 0.370. The standard InChI is InChI=1S/C27H35N5O8S/c1-41-11-10-20(27(39)40)30-25(37)21(13-16-4-8-18(34)9-5-16)32-26(38)22(14-23(29)35)31-24(36)19(28)12-15-2-6-17(33)7-3-15/h2-9,19-22,33-34H,10-14,28H2,1H3,(H2,29,35)(H,30,37)(H,31,36)(H,32,38)(H,39,40). The number of carboxylic acid groups (broad SMARTS) is 1. The fourth-order valence-corrected chi connectivity index (χ4v) is 4.25. The second kappa shape index (κ2) is 16.1. The smallest absolute Gasteiger partial charge is 0.326 e. The van der Waals surface area contributed by atoms with E-state index < -0.39 is 60.2 Å². The summed E-state index contributed by atoms with van der Waals surface area (Å²) in [6.07, 6.45) is 1.31. The molecule has 10 N–H and O–H groups in total. The Kier molecular flexibility index (Phi) is 12.9. The Labute approximate surface area is 241 Å². The van der Waals surface area contributed by atoms with Gasteiger partial charge in [0.25, 0.3) is 0 Å². The van der Waals surface area contributed by atoms with Crippen LogP contribution in [0.25, 0.3) is 0 Å². The quantitative estimate of drug-likeness (QED) is 0.123. The van der Waals surface area contributed by atoms with E-state index in [1.165, 1.54) is 48.2 Å². The van der Waals surface area contributed by atoms with Crippen molar-refractivity contribution in [1.29, 1.82) is 0 Å². The van der Waals surface area contributed by atoms with Crippen LogP contribution in [0.15, 0.2) is 48.5 Å². The Balaban J connectivity index is 2.22. The van der Waals surface area contributed by atoms with Gasteiger partial charge in [0.15, 0.2) is 0 Å². The number of aromatic hydroxyl groups is 2. The summed E-state index contributed by atoms with van der Waals surface area (Å²) in [4.78, 5) is 62.6. The number of amides is 4. The SMILES string of the molecule is CSCCC(NC(=O)C(Cc1ccc(O)cc1)NC(=O)C(CC(N)=O)NC(=O)C(N)Cc1ccc(O)cc1)C(=O)O. The molecule has 4 unspecified atom stereocenters. The summed E-state index contributed by atoms with van der Waals surface area (Å²) in [6, 6.07) is 6.71. The van der Waals surface area contributed by atoms with Crippen LogP contribution in [0.3, 0.4) is 0 Å². The van der Waals surface area contributed by atoms with Crippen LogP contribution in [0.2, 0.25) is 0 Å². The fourth-order valence-electron chi connectivity index (χ4n) is 3.78. The highest BCUT2D eigenvalue weighted by molar-refractivity contribution is 7.98. The summed E-state index contributed by atoms with van der Waals surface area (Å²) in [5.74, 6) is -4.14. The van der Waals surface area contributed by atoms with Gasteiger partial charge in [-0.3, -0.25) is 19.2 Å². The molecule has 2 rings (SSSR count). The lowest BCUT2D eigenvalue weighted by Crippen LogP contribution is -2.58. The zero-order chi connectivity index (χ0) is 30.5. The number of carbonyl (C=O) groups is 5. The van der Waals surface area contributed by atoms with E-state index in [1.54, 1.807) is 18.4 Å². The third kappa shape index (κ3) is 11.4. The van der Waals surface area contributed by atoms with Crippen molar-refractivity contribution in [3.05, 3.63) is 59.7 Å². The Hall–Kier alpha value is -4.30. The Morgan fingerprint density at radius 3 is 1.71 bits per heavy atom. The first-order chi connectivity index (χ1) is 19.4. The number of nitrogens with two attached hydrogens (primary N) is 2. The molecule has 0 heterocycles. The first-order valence-corrected chi connectivity index (χ1v) is 14.0. The highest BCUT2D eigenvalue weighted by Crippen LogP contribution is 2.13. The molecule has 0 saturated heterocycles. The number of rotatable bonds is 16. The van der Waals surface area contributed by atoms with Gasteiger partial charge in [-0.2, -0.15) is 11.8 Å². The van der Waals surface area contributed by atoms with E-state index in [9.17, 15) is 39.3 Å². The monoisotopic (exact) mass is 589 g/mol. The molecule has 0 aromatic heterocycles. The zero-order valence-corrected chi connectivity index (χ0v) is 23.2. The predicted molar refractivity (Wildman–Crippen MR) is 152 cm³/mol. The third-order valence-electron chi connectivity index (χ3n) is 6.00. The number of hydrogen-bond acceptors (Lipinski definition) is 9. The van der Waals surface area contributed by atoms with E-state index in [4.69, 9.17) is 11.5 Å². The second-order valence-electron chi connectivity index (χ2n) is 9.32. The van der Waals surface area contributed by atoms with Crippen molar-refractivity contribution in [2.24, 2.45) is 11.5 Å². The van der Waals surface area contributed by atoms with Crippen LogP contribution in [0, 0.1) is 0 Å². The number of aliphatic carboxylic acids is 1. The van der Waals surface area contributed by atoms with Crippen molar-refractivity contribution < 1.29 is 39.3 Å². The summed E-state index contributed by atoms with van der Waals surface area (Å²) in [5, 5.41) is 35.8. The minimum absolute atomic E-state index is 0.0188. The molecule has 0 saturated carbocycles. The van der Waals surface area contributed by atoms with E-state index in [2.05, 4.69) is 16.0 Å². The lowest BCUT2D eigenvalue weighted by molar-refractivity contribution is -0.142. The summed E-state index contributed by atoms with van der Waals surface area (Å²) >= 11 is 1.40. The summed E-state index contributed by atoms with van der Waals surface area (Å²) in [7, 11) is 0. The van der Waals surface area contributed by atoms with Gasteiger partial charge in [-0.05, 0) is 60.2 Å². The van der Waals surface area contributed by atoms with Crippen LogP contribution in [0.4, 0.5) is 0 Å². The zero-order valence-electron chi connectivity index (χ0n) is 22.4. The number of primary amides is 1. The molecule has 222 valence electrons. The van der Waals surface area contributed by atoms with Crippen molar-refractivity contribution >= 4 is 41.4 Å². The first kappa shape index (κ1) is 32.9. The maximum atomic E-state index is 13.2. The van der Waals surface area contributed by atoms with Crippen molar-refractivity contribution in [1.82, 2.24) is 16.0 Å². The topological polar surface area (TPSA) is 234 Å². The van der Waals surface area contributed by atoms with E-state index in [-0.39, 0.29) is 30.8 Å². The Morgan fingerprint density at radius 2 is 1.22 bits per heavy atom. The number of carboxylic acids is 1. The lowest BCUT2D eigenvalue weighted by Gasteiger charge is -2.25. The Morgan fingerprint density at radius 1 is 0.756 bits per heavy atom. The third-order valence-corrected chi connectivity index (χ3v) is 6.65. The van der Waals surface area contributed by atoms with Crippen molar-refractivity contribution in [3.8, 4) is 11.5 Å². The predicted octanol–water partition coefficient (Wildman–Crippen LogP) is -0.622. The number of phenolic OH excluding ortho intramolecular Hbond substituents is 2. The molecule has 2 aromatic rings. The van der Waals surface area contributed by atoms with E-state index in [0.717, 1.165) is 0 Å². The normalized spacial score (nSPS) is 13.7. The van der Waals surface area contributed by atoms with Crippen LogP contribution in [0.5, 0.6) is 11.5 Å². The van der Waals surface area contributed by atoms with Gasteiger partial charge < -0.3 is 42.7 Å². The average molecular weight is 590 g/mol. The lowest BCUT2D eigenvalue weighted by atomic mass is 10.0. The van der Waals surface area contributed by atoms with E-state index in [1.807, 2.05) is 0 Å². The average Bonchev–Trinajstić information content (AvgIpc) is 2.92.